The number of primary amides is 1. The van der Waals surface area contributed by atoms with E-state index in [0.29, 0.717) is 5.56 Å². The van der Waals surface area contributed by atoms with Crippen molar-refractivity contribution in [1.29, 1.82) is 0 Å². The predicted molar refractivity (Wildman–Crippen MR) is 101 cm³/mol. The maximum Gasteiger partial charge on any atom is 0.248 e. The number of hydrogen-bond acceptors (Lipinski definition) is 2. The summed E-state index contributed by atoms with van der Waals surface area (Å²) in [6.07, 6.45) is 0. The molecule has 3 aromatic carbocycles. The molecular weight excluding hydrogens is 308 g/mol. The van der Waals surface area contributed by atoms with Gasteiger partial charge in [0, 0.05) is 16.5 Å². The SMILES string of the molecule is NC(=O)c1ccc(-c2cccc(-c3ccc4ccccc4n3)c2)cc1. The minimum absolute atomic E-state index is 0.416. The summed E-state index contributed by atoms with van der Waals surface area (Å²) in [6.45, 7) is 0. The maximum absolute atomic E-state index is 11.2. The molecule has 3 heteroatoms. The van der Waals surface area contributed by atoms with E-state index in [1.807, 2.05) is 48.5 Å². The number of nitrogens with zero attached hydrogens (tertiary/aromatic N) is 1. The summed E-state index contributed by atoms with van der Waals surface area (Å²) in [6, 6.07) is 27.8. The number of hydrogen-bond donors (Lipinski definition) is 1. The van der Waals surface area contributed by atoms with Crippen LogP contribution in [-0.2, 0) is 0 Å². The first-order valence-corrected chi connectivity index (χ1v) is 8.07. The van der Waals surface area contributed by atoms with Gasteiger partial charge in [0.25, 0.3) is 0 Å². The van der Waals surface area contributed by atoms with Gasteiger partial charge in [-0.3, -0.25) is 4.79 Å². The number of benzene rings is 3. The topological polar surface area (TPSA) is 56.0 Å². The van der Waals surface area contributed by atoms with Gasteiger partial charge in [-0.2, -0.15) is 0 Å². The number of nitrogens with two attached hydrogens (primary N) is 1. The molecule has 2 N–H and O–H groups in total. The lowest BCUT2D eigenvalue weighted by atomic mass is 10.00. The van der Waals surface area contributed by atoms with E-state index in [4.69, 9.17) is 10.7 Å². The second-order valence-corrected chi connectivity index (χ2v) is 5.91. The first kappa shape index (κ1) is 15.1. The van der Waals surface area contributed by atoms with Crippen LogP contribution in [0.5, 0.6) is 0 Å². The van der Waals surface area contributed by atoms with Gasteiger partial charge in [0.05, 0.1) is 11.2 Å². The highest BCUT2D eigenvalue weighted by molar-refractivity contribution is 5.93. The summed E-state index contributed by atoms with van der Waals surface area (Å²) in [5, 5.41) is 1.13. The van der Waals surface area contributed by atoms with Crippen molar-refractivity contribution in [1.82, 2.24) is 4.98 Å². The van der Waals surface area contributed by atoms with Crippen LogP contribution in [0.1, 0.15) is 10.4 Å². The zero-order valence-corrected chi connectivity index (χ0v) is 13.5. The lowest BCUT2D eigenvalue weighted by Gasteiger charge is -2.07. The number of rotatable bonds is 3. The molecule has 25 heavy (non-hydrogen) atoms. The van der Waals surface area contributed by atoms with E-state index in [9.17, 15) is 4.79 Å². The van der Waals surface area contributed by atoms with Gasteiger partial charge in [0.1, 0.15) is 0 Å². The molecule has 0 radical (unpaired) electrons. The van der Waals surface area contributed by atoms with Crippen molar-refractivity contribution < 1.29 is 4.79 Å². The summed E-state index contributed by atoms with van der Waals surface area (Å²) >= 11 is 0. The normalized spacial score (nSPS) is 10.7. The van der Waals surface area contributed by atoms with Crippen LogP contribution < -0.4 is 5.73 Å². The quantitative estimate of drug-likeness (QED) is 0.595. The Bertz CT molecular complexity index is 1070. The molecule has 0 saturated heterocycles. The van der Waals surface area contributed by atoms with Gasteiger partial charge in [-0.25, -0.2) is 4.98 Å². The summed E-state index contributed by atoms with van der Waals surface area (Å²) < 4.78 is 0. The number of fused-ring (bicyclic) bond motifs is 1. The van der Waals surface area contributed by atoms with Crippen LogP contribution in [0.25, 0.3) is 33.3 Å². The van der Waals surface area contributed by atoms with Gasteiger partial charge >= 0.3 is 0 Å². The number of para-hydroxylation sites is 1. The minimum atomic E-state index is -0.416. The Labute approximate surface area is 145 Å². The third-order valence-electron chi connectivity index (χ3n) is 4.26. The monoisotopic (exact) mass is 324 g/mol. The summed E-state index contributed by atoms with van der Waals surface area (Å²) in [7, 11) is 0. The first-order valence-electron chi connectivity index (χ1n) is 8.07. The highest BCUT2D eigenvalue weighted by Gasteiger charge is 2.05. The lowest BCUT2D eigenvalue weighted by molar-refractivity contribution is 0.100. The van der Waals surface area contributed by atoms with Gasteiger partial charge in [0.15, 0.2) is 0 Å². The van der Waals surface area contributed by atoms with Crippen LogP contribution in [0, 0.1) is 0 Å². The van der Waals surface area contributed by atoms with Crippen molar-refractivity contribution in [3.8, 4) is 22.4 Å². The van der Waals surface area contributed by atoms with Crippen LogP contribution in [0.4, 0.5) is 0 Å². The van der Waals surface area contributed by atoms with Gasteiger partial charge in [-0.05, 0) is 41.5 Å². The van der Waals surface area contributed by atoms with Crippen LogP contribution >= 0.6 is 0 Å². The van der Waals surface area contributed by atoms with E-state index >= 15 is 0 Å². The second-order valence-electron chi connectivity index (χ2n) is 5.91. The van der Waals surface area contributed by atoms with Gasteiger partial charge in [0.2, 0.25) is 5.91 Å². The Morgan fingerprint density at radius 2 is 1.48 bits per heavy atom. The molecule has 0 unspecified atom stereocenters. The van der Waals surface area contributed by atoms with Crippen molar-refractivity contribution in [2.24, 2.45) is 5.73 Å². The molecule has 0 aliphatic rings. The van der Waals surface area contributed by atoms with Crippen LogP contribution in [0.15, 0.2) is 84.9 Å². The second kappa shape index (κ2) is 6.21. The molecule has 0 bridgehead atoms. The molecular formula is C22H16N2O. The fraction of sp³-hybridized carbons (Fsp3) is 0. The van der Waals surface area contributed by atoms with Gasteiger partial charge in [-0.15, -0.1) is 0 Å². The summed E-state index contributed by atoms with van der Waals surface area (Å²) in [5.41, 5.74) is 10.9. The van der Waals surface area contributed by atoms with Crippen molar-refractivity contribution in [3.05, 3.63) is 90.5 Å². The lowest BCUT2D eigenvalue weighted by Crippen LogP contribution is -2.10. The molecule has 0 aliphatic carbocycles. The molecule has 4 aromatic rings. The van der Waals surface area contributed by atoms with Crippen LogP contribution in [-0.4, -0.2) is 10.9 Å². The van der Waals surface area contributed by atoms with Crippen molar-refractivity contribution in [2.75, 3.05) is 0 Å². The van der Waals surface area contributed by atoms with E-state index in [0.717, 1.165) is 33.3 Å². The molecule has 4 rings (SSSR count). The van der Waals surface area contributed by atoms with E-state index in [-0.39, 0.29) is 0 Å². The molecule has 0 spiro atoms. The average molecular weight is 324 g/mol. The van der Waals surface area contributed by atoms with Crippen molar-refractivity contribution in [3.63, 3.8) is 0 Å². The Balaban J connectivity index is 1.74. The molecule has 1 aromatic heterocycles. The van der Waals surface area contributed by atoms with E-state index < -0.39 is 5.91 Å². The highest BCUT2D eigenvalue weighted by atomic mass is 16.1. The van der Waals surface area contributed by atoms with Crippen molar-refractivity contribution >= 4 is 16.8 Å². The molecule has 1 heterocycles. The predicted octanol–water partition coefficient (Wildman–Crippen LogP) is 4.67. The molecule has 0 aliphatic heterocycles. The molecule has 0 fully saturated rings. The van der Waals surface area contributed by atoms with Gasteiger partial charge in [-0.1, -0.05) is 54.6 Å². The Morgan fingerprint density at radius 1 is 0.720 bits per heavy atom. The highest BCUT2D eigenvalue weighted by Crippen LogP contribution is 2.27. The smallest absolute Gasteiger partial charge is 0.248 e. The fourth-order valence-corrected chi connectivity index (χ4v) is 2.91. The number of aromatic nitrogens is 1. The zero-order chi connectivity index (χ0) is 17.2. The molecule has 1 amide bonds. The van der Waals surface area contributed by atoms with Gasteiger partial charge < -0.3 is 5.73 Å². The maximum atomic E-state index is 11.2. The van der Waals surface area contributed by atoms with E-state index in [1.54, 1.807) is 12.1 Å². The Kier molecular flexibility index (Phi) is 3.75. The number of amides is 1. The Morgan fingerprint density at radius 3 is 2.28 bits per heavy atom. The third-order valence-corrected chi connectivity index (χ3v) is 4.26. The van der Waals surface area contributed by atoms with E-state index in [2.05, 4.69) is 24.3 Å². The molecule has 120 valence electrons. The van der Waals surface area contributed by atoms with Crippen LogP contribution in [0.2, 0.25) is 0 Å². The number of carbonyl (C=O) groups is 1. The molecule has 3 nitrogen and oxygen atoms in total. The van der Waals surface area contributed by atoms with Crippen molar-refractivity contribution in [2.45, 2.75) is 0 Å². The van der Waals surface area contributed by atoms with Crippen LogP contribution in [0.3, 0.4) is 0 Å². The standard InChI is InChI=1S/C22H16N2O/c23-22(25)17-10-8-15(9-11-17)18-5-3-6-19(14-18)21-13-12-16-4-1-2-7-20(16)24-21/h1-14H,(H2,23,25). The minimum Gasteiger partial charge on any atom is -0.366 e. The number of carbonyl (C=O) groups excluding carboxylic acids is 1. The largest absolute Gasteiger partial charge is 0.366 e. The zero-order valence-electron chi connectivity index (χ0n) is 13.5. The third kappa shape index (κ3) is 3.00. The summed E-state index contributed by atoms with van der Waals surface area (Å²) in [5.74, 6) is -0.416. The molecule has 0 saturated carbocycles. The Hall–Kier alpha value is -3.46. The fourth-order valence-electron chi connectivity index (χ4n) is 2.91. The number of pyridine rings is 1. The average Bonchev–Trinajstić information content (AvgIpc) is 2.68. The van der Waals surface area contributed by atoms with E-state index in [1.165, 1.54) is 0 Å². The summed E-state index contributed by atoms with van der Waals surface area (Å²) in [4.78, 5) is 16.0. The molecule has 0 atom stereocenters. The first-order chi connectivity index (χ1) is 12.2.